The predicted octanol–water partition coefficient (Wildman–Crippen LogP) is 7.49. The van der Waals surface area contributed by atoms with Crippen LogP contribution < -0.4 is 4.90 Å². The number of benzene rings is 2. The highest BCUT2D eigenvalue weighted by Crippen LogP contribution is 2.42. The van der Waals surface area contributed by atoms with Gasteiger partial charge >= 0.3 is 11.9 Å². The Hall–Kier alpha value is -4.96. The minimum atomic E-state index is -1.06. The van der Waals surface area contributed by atoms with Gasteiger partial charge in [0.25, 0.3) is 0 Å². The largest absolute Gasteiger partial charge is 0.481 e. The summed E-state index contributed by atoms with van der Waals surface area (Å²) in [6.45, 7) is 19.1. The molecule has 3 rings (SSSR count). The summed E-state index contributed by atoms with van der Waals surface area (Å²) in [6, 6.07) is 18.3. The monoisotopic (exact) mass is 731 g/mol. The van der Waals surface area contributed by atoms with Gasteiger partial charge in [0.15, 0.2) is 0 Å². The van der Waals surface area contributed by atoms with E-state index in [0.29, 0.717) is 86.2 Å². The molecule has 13 nitrogen and oxygen atoms in total. The summed E-state index contributed by atoms with van der Waals surface area (Å²) in [5.41, 5.74) is 4.78. The number of carbonyl (C=O) groups excluding carboxylic acids is 1. The molecule has 1 heterocycles. The summed E-state index contributed by atoms with van der Waals surface area (Å²) in [5, 5.41) is 27.6. The smallest absolute Gasteiger partial charge is 0.307 e. The van der Waals surface area contributed by atoms with Crippen molar-refractivity contribution >= 4 is 45.3 Å². The molecule has 0 aliphatic carbocycles. The zero-order valence-corrected chi connectivity index (χ0v) is 30.4. The molecule has 0 amide bonds. The maximum Gasteiger partial charge on any atom is 0.307 e. The second-order valence-corrected chi connectivity index (χ2v) is 12.4. The third-order valence-corrected chi connectivity index (χ3v) is 8.72. The van der Waals surface area contributed by atoms with Crippen molar-refractivity contribution in [3.8, 4) is 6.07 Å². The number of thiophene rings is 1. The molecular weight excluding hydrogens is 687 g/mol. The molecule has 276 valence electrons. The fourth-order valence-electron chi connectivity index (χ4n) is 4.83. The fraction of sp³-hybridized carbons (Fsp3) is 0.421. The van der Waals surface area contributed by atoms with Crippen LogP contribution in [0.2, 0.25) is 0 Å². The molecular formula is C38H45N5O8S. The van der Waals surface area contributed by atoms with Crippen molar-refractivity contribution < 1.29 is 38.4 Å². The topological polar surface area (TPSA) is 157 Å². The Morgan fingerprint density at radius 3 is 2.19 bits per heavy atom. The van der Waals surface area contributed by atoms with Gasteiger partial charge in [0, 0.05) is 18.8 Å². The zero-order chi connectivity index (χ0) is 37.6. The first-order chi connectivity index (χ1) is 25.3. The number of aryl methyl sites for hydroxylation is 1. The molecule has 14 heteroatoms. The number of rotatable bonds is 25. The number of hydrogen-bond donors (Lipinski definition) is 1. The van der Waals surface area contributed by atoms with Crippen molar-refractivity contribution in [1.82, 2.24) is 0 Å². The molecule has 52 heavy (non-hydrogen) atoms. The van der Waals surface area contributed by atoms with Gasteiger partial charge in [-0.05, 0) is 55.2 Å². The number of anilines is 1. The maximum atomic E-state index is 11.8. The fourth-order valence-corrected chi connectivity index (χ4v) is 5.70. The van der Waals surface area contributed by atoms with Gasteiger partial charge in [-0.2, -0.15) is 15.5 Å². The molecule has 1 unspecified atom stereocenters. The van der Waals surface area contributed by atoms with Crippen molar-refractivity contribution in [2.75, 3.05) is 70.9 Å². The minimum absolute atomic E-state index is 0.0415. The molecule has 1 aromatic heterocycles. The number of ether oxygens (including phenoxy) is 5. The lowest BCUT2D eigenvalue weighted by atomic mass is 10.0. The van der Waals surface area contributed by atoms with Crippen molar-refractivity contribution in [3.63, 3.8) is 0 Å². The van der Waals surface area contributed by atoms with Crippen LogP contribution in [0, 0.1) is 37.7 Å². The van der Waals surface area contributed by atoms with E-state index in [-0.39, 0.29) is 26.1 Å². The molecule has 0 spiro atoms. The van der Waals surface area contributed by atoms with Crippen LogP contribution in [0.3, 0.4) is 0 Å². The number of esters is 1. The molecule has 0 saturated carbocycles. The predicted molar refractivity (Wildman–Crippen MR) is 198 cm³/mol. The Morgan fingerprint density at radius 2 is 1.62 bits per heavy atom. The number of carboxylic acid groups (broad SMARTS) is 1. The molecule has 3 aromatic rings. The molecule has 1 atom stereocenters. The van der Waals surface area contributed by atoms with E-state index in [1.807, 2.05) is 37.3 Å². The van der Waals surface area contributed by atoms with Crippen molar-refractivity contribution in [1.29, 1.82) is 5.26 Å². The van der Waals surface area contributed by atoms with E-state index in [0.717, 1.165) is 11.3 Å². The minimum Gasteiger partial charge on any atom is -0.481 e. The lowest BCUT2D eigenvalue weighted by molar-refractivity contribution is -0.152. The zero-order valence-electron chi connectivity index (χ0n) is 29.6. The molecule has 1 N–H and O–H groups in total. The number of hydrogen-bond acceptors (Lipinski definition) is 12. The van der Waals surface area contributed by atoms with E-state index < -0.39 is 17.9 Å². The number of carbonyl (C=O) groups is 2. The van der Waals surface area contributed by atoms with E-state index in [4.69, 9.17) is 35.4 Å². The van der Waals surface area contributed by atoms with Gasteiger partial charge in [0.2, 0.25) is 5.69 Å². The van der Waals surface area contributed by atoms with Crippen LogP contribution in [0.4, 0.5) is 22.1 Å². The number of nitriles is 1. The molecule has 0 radical (unpaired) electrons. The van der Waals surface area contributed by atoms with Crippen LogP contribution in [-0.4, -0.2) is 83.1 Å². The second kappa shape index (κ2) is 23.5. The van der Waals surface area contributed by atoms with Crippen molar-refractivity contribution in [2.24, 2.45) is 16.1 Å². The van der Waals surface area contributed by atoms with Crippen LogP contribution in [0.25, 0.3) is 4.85 Å². The second-order valence-electron chi connectivity index (χ2n) is 11.4. The number of aliphatic carboxylic acids is 1. The average Bonchev–Trinajstić information content (AvgIpc) is 3.45. The highest BCUT2D eigenvalue weighted by atomic mass is 32.1. The summed E-state index contributed by atoms with van der Waals surface area (Å²) >= 11 is 1.17. The molecule has 0 aliphatic rings. The van der Waals surface area contributed by atoms with Gasteiger partial charge in [0.1, 0.15) is 17.7 Å². The van der Waals surface area contributed by atoms with Gasteiger partial charge in [-0.3, -0.25) is 9.59 Å². The molecule has 0 saturated heterocycles. The Labute approximate surface area is 308 Å². The number of carboxylic acids is 1. The van der Waals surface area contributed by atoms with Crippen molar-refractivity contribution in [2.45, 2.75) is 33.2 Å². The first-order valence-electron chi connectivity index (χ1n) is 16.8. The Kier molecular flexibility index (Phi) is 18.7. The van der Waals surface area contributed by atoms with E-state index in [2.05, 4.69) is 50.8 Å². The highest BCUT2D eigenvalue weighted by Gasteiger charge is 2.20. The lowest BCUT2D eigenvalue weighted by Crippen LogP contribution is -2.27. The Balaban J connectivity index is 1.34. The first-order valence-corrected chi connectivity index (χ1v) is 17.6. The Bertz CT molecular complexity index is 1700. The van der Waals surface area contributed by atoms with Gasteiger partial charge in [-0.1, -0.05) is 36.4 Å². The summed E-state index contributed by atoms with van der Waals surface area (Å²) in [4.78, 5) is 29.1. The number of allylic oxidation sites excluding steroid dienone is 1. The number of azo groups is 1. The van der Waals surface area contributed by atoms with E-state index >= 15 is 0 Å². The lowest BCUT2D eigenvalue weighted by Gasteiger charge is -2.25. The third kappa shape index (κ3) is 14.3. The molecule has 0 fully saturated rings. The SMILES string of the molecule is [C-]#[N+]c1c(N=Nc2ccc(N(CCOCCOCCOCCOCCOC(=O)CC(CC=C)C(=O)O)Cc3ccccc3)cc2C)sc(C#N)c1C. The summed E-state index contributed by atoms with van der Waals surface area (Å²) in [5.74, 6) is -2.47. The van der Waals surface area contributed by atoms with Crippen LogP contribution in [-0.2, 0) is 39.8 Å². The molecule has 0 bridgehead atoms. The highest BCUT2D eigenvalue weighted by molar-refractivity contribution is 7.17. The first kappa shape index (κ1) is 41.5. The van der Waals surface area contributed by atoms with Crippen LogP contribution in [0.5, 0.6) is 0 Å². The molecule has 0 aliphatic heterocycles. The van der Waals surface area contributed by atoms with Gasteiger partial charge in [0.05, 0.1) is 82.3 Å². The van der Waals surface area contributed by atoms with E-state index in [1.165, 1.54) is 23.0 Å². The molecule has 2 aromatic carbocycles. The van der Waals surface area contributed by atoms with Crippen LogP contribution in [0.15, 0.2) is 71.4 Å². The van der Waals surface area contributed by atoms with Gasteiger partial charge in [-0.15, -0.1) is 17.9 Å². The third-order valence-electron chi connectivity index (χ3n) is 7.65. The quantitative estimate of drug-likeness (QED) is 0.0305. The number of nitrogens with zero attached hydrogens (tertiary/aromatic N) is 5. The van der Waals surface area contributed by atoms with Gasteiger partial charge < -0.3 is 33.7 Å². The van der Waals surface area contributed by atoms with E-state index in [1.54, 1.807) is 6.92 Å². The van der Waals surface area contributed by atoms with Gasteiger partial charge in [-0.25, -0.2) is 4.85 Å². The summed E-state index contributed by atoms with van der Waals surface area (Å²) < 4.78 is 27.4. The van der Waals surface area contributed by atoms with Crippen molar-refractivity contribution in [3.05, 3.63) is 94.2 Å². The van der Waals surface area contributed by atoms with Crippen LogP contribution >= 0.6 is 11.3 Å². The average molecular weight is 732 g/mol. The maximum absolute atomic E-state index is 11.8. The normalized spacial score (nSPS) is 11.5. The standard InChI is InChI=1S/C38H45N5O8S/c1-5-9-31(38(45)46)25-35(44)51-23-22-50-21-20-49-19-18-48-17-16-47-15-14-43(27-30-10-7-6-8-11-30)32-12-13-33(28(2)24-32)41-42-37-36(40-4)29(3)34(26-39)52-37/h5-8,10-13,24,31H,1,9,14-23,25,27H2,2-3H3,(H,45,46). The summed E-state index contributed by atoms with van der Waals surface area (Å²) in [6.07, 6.45) is 1.46. The van der Waals surface area contributed by atoms with E-state index in [9.17, 15) is 14.9 Å². The Morgan fingerprint density at radius 1 is 0.981 bits per heavy atom. The van der Waals surface area contributed by atoms with Crippen LogP contribution in [0.1, 0.15) is 34.4 Å². The summed E-state index contributed by atoms with van der Waals surface area (Å²) in [7, 11) is 0.